The van der Waals surface area contributed by atoms with Gasteiger partial charge in [0.05, 0.1) is 0 Å². The van der Waals surface area contributed by atoms with E-state index in [9.17, 15) is 9.59 Å². The fraction of sp³-hybridized carbons (Fsp3) is 0.625. The Morgan fingerprint density at radius 3 is 2.10 bits per heavy atom. The summed E-state index contributed by atoms with van der Waals surface area (Å²) in [5.74, 6) is -0.910. The molecule has 0 amide bonds. The Morgan fingerprint density at radius 2 is 1.60 bits per heavy atom. The minimum absolute atomic E-state index is 0.0663. The van der Waals surface area contributed by atoms with E-state index < -0.39 is 18.0 Å². The van der Waals surface area contributed by atoms with Gasteiger partial charge in [0.2, 0.25) is 0 Å². The lowest BCUT2D eigenvalue weighted by molar-refractivity contribution is -0.154. The van der Waals surface area contributed by atoms with Crippen molar-refractivity contribution in [3.05, 3.63) is 24.3 Å². The van der Waals surface area contributed by atoms with Crippen LogP contribution in [0.5, 0.6) is 0 Å². The van der Waals surface area contributed by atoms with E-state index >= 15 is 0 Å². The van der Waals surface area contributed by atoms with Crippen LogP contribution in [-0.4, -0.2) is 24.6 Å². The van der Waals surface area contributed by atoms with Crippen LogP contribution >= 0.6 is 0 Å². The highest BCUT2D eigenvalue weighted by atomic mass is 16.6. The number of unbranched alkanes of at least 4 members (excludes halogenated alkanes) is 3. The number of ether oxygens (including phenoxy) is 2. The van der Waals surface area contributed by atoms with Crippen molar-refractivity contribution in [1.82, 2.24) is 0 Å². The zero-order chi connectivity index (χ0) is 15.5. The second-order valence-corrected chi connectivity index (χ2v) is 5.04. The van der Waals surface area contributed by atoms with Crippen LogP contribution in [0, 0.1) is 0 Å². The second kappa shape index (κ2) is 10.2. The molecular weight excluding hydrogens is 256 g/mol. The molecular formula is C16H26O4. The van der Waals surface area contributed by atoms with Crippen LogP contribution in [0.1, 0.15) is 52.9 Å². The van der Waals surface area contributed by atoms with E-state index in [0.717, 1.165) is 25.7 Å². The largest absolute Gasteiger partial charge is 0.458 e. The third kappa shape index (κ3) is 8.51. The first-order valence-corrected chi connectivity index (χ1v) is 7.07. The van der Waals surface area contributed by atoms with E-state index in [1.165, 1.54) is 0 Å². The molecule has 1 unspecified atom stereocenters. The van der Waals surface area contributed by atoms with Gasteiger partial charge in [-0.05, 0) is 26.7 Å². The van der Waals surface area contributed by atoms with Crippen LogP contribution in [0.25, 0.3) is 0 Å². The van der Waals surface area contributed by atoms with Crippen molar-refractivity contribution < 1.29 is 19.1 Å². The molecule has 4 heteroatoms. The van der Waals surface area contributed by atoms with Gasteiger partial charge in [0.25, 0.3) is 0 Å². The molecule has 0 N–H and O–H groups in total. The Bertz CT molecular complexity index is 357. The molecule has 114 valence electrons. The van der Waals surface area contributed by atoms with Crippen LogP contribution in [-0.2, 0) is 19.1 Å². The van der Waals surface area contributed by atoms with Gasteiger partial charge in [0.1, 0.15) is 12.7 Å². The van der Waals surface area contributed by atoms with E-state index in [0.29, 0.717) is 17.6 Å². The number of carbonyl (C=O) groups is 2. The molecule has 0 aromatic carbocycles. The normalized spacial score (nSPS) is 11.6. The lowest BCUT2D eigenvalue weighted by atomic mass is 10.1. The summed E-state index contributed by atoms with van der Waals surface area (Å²) in [6.07, 6.45) is 4.56. The van der Waals surface area contributed by atoms with Gasteiger partial charge in [-0.1, -0.05) is 39.3 Å². The Labute approximate surface area is 121 Å². The van der Waals surface area contributed by atoms with Gasteiger partial charge in [-0.15, -0.1) is 0 Å². The first-order valence-electron chi connectivity index (χ1n) is 7.07. The molecule has 0 fully saturated rings. The predicted molar refractivity (Wildman–Crippen MR) is 79.2 cm³/mol. The average Bonchev–Trinajstić information content (AvgIpc) is 2.39. The molecule has 20 heavy (non-hydrogen) atoms. The summed E-state index contributed by atoms with van der Waals surface area (Å²) in [5.41, 5.74) is 0.677. The monoisotopic (exact) mass is 282 g/mol. The van der Waals surface area contributed by atoms with Crippen LogP contribution in [0.4, 0.5) is 0 Å². The molecule has 0 aliphatic heterocycles. The van der Waals surface area contributed by atoms with Gasteiger partial charge in [-0.2, -0.15) is 0 Å². The van der Waals surface area contributed by atoms with E-state index in [1.807, 2.05) is 0 Å². The van der Waals surface area contributed by atoms with Crippen LogP contribution < -0.4 is 0 Å². The summed E-state index contributed by atoms with van der Waals surface area (Å²) in [6.45, 7) is 12.4. The maximum absolute atomic E-state index is 11.5. The Kier molecular flexibility index (Phi) is 9.43. The summed E-state index contributed by atoms with van der Waals surface area (Å²) in [6, 6.07) is 0. The summed E-state index contributed by atoms with van der Waals surface area (Å²) >= 11 is 0. The van der Waals surface area contributed by atoms with E-state index in [-0.39, 0.29) is 6.61 Å². The van der Waals surface area contributed by atoms with Gasteiger partial charge >= 0.3 is 11.9 Å². The van der Waals surface area contributed by atoms with E-state index in [4.69, 9.17) is 9.47 Å². The summed E-state index contributed by atoms with van der Waals surface area (Å²) in [7, 11) is 0. The Hall–Kier alpha value is -1.58. The van der Waals surface area contributed by atoms with Crippen molar-refractivity contribution in [3.8, 4) is 0 Å². The average molecular weight is 282 g/mol. The highest BCUT2D eigenvalue weighted by Crippen LogP contribution is 2.11. The SMILES string of the molecule is C=C(C)C(=O)OCC(CCCCCC)OC(=O)C(=C)C. The third-order valence-corrected chi connectivity index (χ3v) is 2.75. The maximum Gasteiger partial charge on any atom is 0.333 e. The van der Waals surface area contributed by atoms with Crippen molar-refractivity contribution in [2.24, 2.45) is 0 Å². The van der Waals surface area contributed by atoms with Crippen molar-refractivity contribution in [3.63, 3.8) is 0 Å². The van der Waals surface area contributed by atoms with E-state index in [1.54, 1.807) is 13.8 Å². The molecule has 0 spiro atoms. The zero-order valence-electron chi connectivity index (χ0n) is 12.9. The predicted octanol–water partition coefficient (Wildman–Crippen LogP) is 3.56. The Balaban J connectivity index is 4.30. The zero-order valence-corrected chi connectivity index (χ0v) is 12.9. The minimum Gasteiger partial charge on any atom is -0.458 e. The minimum atomic E-state index is -0.463. The van der Waals surface area contributed by atoms with E-state index in [2.05, 4.69) is 20.1 Å². The second-order valence-electron chi connectivity index (χ2n) is 5.04. The molecule has 0 aromatic heterocycles. The fourth-order valence-electron chi connectivity index (χ4n) is 1.52. The molecule has 1 atom stereocenters. The van der Waals surface area contributed by atoms with Gasteiger partial charge < -0.3 is 9.47 Å². The highest BCUT2D eigenvalue weighted by molar-refractivity contribution is 5.87. The topological polar surface area (TPSA) is 52.6 Å². The lowest BCUT2D eigenvalue weighted by Gasteiger charge is -2.18. The van der Waals surface area contributed by atoms with Crippen molar-refractivity contribution >= 4 is 11.9 Å². The van der Waals surface area contributed by atoms with Crippen molar-refractivity contribution in [2.45, 2.75) is 59.0 Å². The Morgan fingerprint density at radius 1 is 1.00 bits per heavy atom. The van der Waals surface area contributed by atoms with Gasteiger partial charge in [0.15, 0.2) is 0 Å². The maximum atomic E-state index is 11.5. The highest BCUT2D eigenvalue weighted by Gasteiger charge is 2.17. The number of carbonyl (C=O) groups excluding carboxylic acids is 2. The lowest BCUT2D eigenvalue weighted by Crippen LogP contribution is -2.25. The first-order chi connectivity index (χ1) is 9.38. The first kappa shape index (κ1) is 18.4. The standard InChI is InChI=1S/C16H26O4/c1-6-7-8-9-10-14(20-16(18)13(4)5)11-19-15(17)12(2)3/h14H,2,4,6-11H2,1,3,5H3. The smallest absolute Gasteiger partial charge is 0.333 e. The van der Waals surface area contributed by atoms with Crippen molar-refractivity contribution in [2.75, 3.05) is 6.61 Å². The molecule has 0 saturated carbocycles. The molecule has 0 aliphatic rings. The number of rotatable bonds is 10. The fourth-order valence-corrected chi connectivity index (χ4v) is 1.52. The molecule has 0 aliphatic carbocycles. The van der Waals surface area contributed by atoms with Crippen LogP contribution in [0.15, 0.2) is 24.3 Å². The number of esters is 2. The van der Waals surface area contributed by atoms with Gasteiger partial charge in [-0.3, -0.25) is 0 Å². The summed E-state index contributed by atoms with van der Waals surface area (Å²) in [5, 5.41) is 0. The summed E-state index contributed by atoms with van der Waals surface area (Å²) in [4.78, 5) is 22.9. The number of hydrogen-bond donors (Lipinski definition) is 0. The molecule has 0 radical (unpaired) electrons. The number of hydrogen-bond acceptors (Lipinski definition) is 4. The van der Waals surface area contributed by atoms with Crippen LogP contribution in [0.3, 0.4) is 0 Å². The molecule has 0 bridgehead atoms. The molecule has 4 nitrogen and oxygen atoms in total. The molecule has 0 aromatic rings. The third-order valence-electron chi connectivity index (χ3n) is 2.75. The van der Waals surface area contributed by atoms with Gasteiger partial charge in [0, 0.05) is 11.1 Å². The van der Waals surface area contributed by atoms with Crippen LogP contribution in [0.2, 0.25) is 0 Å². The summed E-state index contributed by atoms with van der Waals surface area (Å²) < 4.78 is 10.3. The van der Waals surface area contributed by atoms with Gasteiger partial charge in [-0.25, -0.2) is 9.59 Å². The van der Waals surface area contributed by atoms with Crippen molar-refractivity contribution in [1.29, 1.82) is 0 Å². The quantitative estimate of drug-likeness (QED) is 0.349. The molecule has 0 heterocycles. The molecule has 0 saturated heterocycles. The molecule has 0 rings (SSSR count).